The number of carboxylic acid groups (broad SMARTS) is 1. The minimum Gasteiger partial charge on any atom is -0.481 e. The number of carboxylic acids is 1. The fourth-order valence-electron chi connectivity index (χ4n) is 3.04. The monoisotopic (exact) mass is 384 g/mol. The number of hydrogen-bond acceptors (Lipinski definition) is 3. The summed E-state index contributed by atoms with van der Waals surface area (Å²) in [5, 5.41) is 11.8. The zero-order valence-electron chi connectivity index (χ0n) is 17.9. The van der Waals surface area contributed by atoms with Gasteiger partial charge in [0.1, 0.15) is 6.04 Å². The van der Waals surface area contributed by atoms with Crippen molar-refractivity contribution in [2.45, 2.75) is 92.0 Å². The van der Waals surface area contributed by atoms with Gasteiger partial charge in [-0.05, 0) is 24.7 Å². The van der Waals surface area contributed by atoms with Crippen molar-refractivity contribution >= 4 is 17.8 Å². The molecule has 2 amide bonds. The molecule has 0 bridgehead atoms. The first-order valence-corrected chi connectivity index (χ1v) is 10.5. The third-order valence-corrected chi connectivity index (χ3v) is 4.27. The van der Waals surface area contributed by atoms with E-state index in [-0.39, 0.29) is 24.7 Å². The van der Waals surface area contributed by atoms with Gasteiger partial charge in [-0.25, -0.2) is 0 Å². The molecule has 0 rings (SSSR count). The largest absolute Gasteiger partial charge is 0.481 e. The van der Waals surface area contributed by atoms with Gasteiger partial charge in [-0.1, -0.05) is 60.3 Å². The Bertz CT molecular complexity index is 439. The second-order valence-corrected chi connectivity index (χ2v) is 8.25. The average Bonchev–Trinajstić information content (AvgIpc) is 2.56. The Balaban J connectivity index is 4.89. The highest BCUT2D eigenvalue weighted by molar-refractivity contribution is 5.88. The van der Waals surface area contributed by atoms with Gasteiger partial charge in [-0.2, -0.15) is 0 Å². The minimum absolute atomic E-state index is 0.127. The Morgan fingerprint density at radius 3 is 1.93 bits per heavy atom. The molecule has 2 N–H and O–H groups in total. The normalized spacial score (nSPS) is 12.3. The van der Waals surface area contributed by atoms with Crippen LogP contribution in [0.3, 0.4) is 0 Å². The molecule has 0 saturated carbocycles. The summed E-state index contributed by atoms with van der Waals surface area (Å²) in [6.45, 7) is 11.5. The molecular weight excluding hydrogens is 344 g/mol. The summed E-state index contributed by atoms with van der Waals surface area (Å²) in [7, 11) is 0. The molecule has 0 aromatic heterocycles. The highest BCUT2D eigenvalue weighted by atomic mass is 16.4. The lowest BCUT2D eigenvalue weighted by molar-refractivity contribution is -0.140. The lowest BCUT2D eigenvalue weighted by Crippen LogP contribution is -2.50. The molecule has 6 heteroatoms. The third kappa shape index (κ3) is 13.3. The standard InChI is InChI=1S/C21H40N2O4/c1-6-7-8-9-10-11-19(24)22-18(12-13-20(25)26)21(27)23(14-16(2)3)15-17(4)5/h16-18H,6-15H2,1-5H3,(H,22,24)(H,25,26)/t18-/m0/s1. The Morgan fingerprint density at radius 1 is 0.889 bits per heavy atom. The van der Waals surface area contributed by atoms with Gasteiger partial charge in [0.25, 0.3) is 0 Å². The topological polar surface area (TPSA) is 86.7 Å². The molecule has 0 heterocycles. The van der Waals surface area contributed by atoms with E-state index in [1.165, 1.54) is 6.42 Å². The molecule has 0 saturated heterocycles. The maximum absolute atomic E-state index is 13.0. The molecule has 0 aliphatic heterocycles. The first-order valence-electron chi connectivity index (χ1n) is 10.5. The molecule has 0 aliphatic rings. The quantitative estimate of drug-likeness (QED) is 0.420. The number of hydrogen-bond donors (Lipinski definition) is 2. The van der Waals surface area contributed by atoms with Crippen molar-refractivity contribution in [2.75, 3.05) is 13.1 Å². The summed E-state index contributed by atoms with van der Waals surface area (Å²) < 4.78 is 0. The van der Waals surface area contributed by atoms with Gasteiger partial charge in [0.05, 0.1) is 0 Å². The lowest BCUT2D eigenvalue weighted by Gasteiger charge is -2.30. The SMILES string of the molecule is CCCCCCCC(=O)N[C@@H](CCC(=O)O)C(=O)N(CC(C)C)CC(C)C. The number of rotatable bonds is 15. The maximum atomic E-state index is 13.0. The van der Waals surface area contributed by atoms with Crippen LogP contribution in [0, 0.1) is 11.8 Å². The highest BCUT2D eigenvalue weighted by Crippen LogP contribution is 2.11. The van der Waals surface area contributed by atoms with Crippen LogP contribution in [0.4, 0.5) is 0 Å². The number of carbonyl (C=O) groups excluding carboxylic acids is 2. The Hall–Kier alpha value is -1.59. The zero-order valence-corrected chi connectivity index (χ0v) is 17.9. The van der Waals surface area contributed by atoms with E-state index in [9.17, 15) is 14.4 Å². The van der Waals surface area contributed by atoms with Crippen LogP contribution in [0.5, 0.6) is 0 Å². The van der Waals surface area contributed by atoms with E-state index in [1.807, 2.05) is 27.7 Å². The van der Waals surface area contributed by atoms with Crippen LogP contribution in [-0.2, 0) is 14.4 Å². The number of aliphatic carboxylic acids is 1. The van der Waals surface area contributed by atoms with E-state index in [0.717, 1.165) is 25.7 Å². The molecule has 0 spiro atoms. The number of nitrogens with one attached hydrogen (secondary N) is 1. The van der Waals surface area contributed by atoms with E-state index in [2.05, 4.69) is 12.2 Å². The molecule has 1 atom stereocenters. The van der Waals surface area contributed by atoms with E-state index < -0.39 is 12.0 Å². The molecule has 0 aromatic carbocycles. The molecule has 0 aromatic rings. The average molecular weight is 385 g/mol. The van der Waals surface area contributed by atoms with Crippen LogP contribution < -0.4 is 5.32 Å². The van der Waals surface area contributed by atoms with Crippen LogP contribution in [0.15, 0.2) is 0 Å². The van der Waals surface area contributed by atoms with Crippen molar-refractivity contribution in [3.8, 4) is 0 Å². The van der Waals surface area contributed by atoms with Gasteiger partial charge in [0, 0.05) is 25.9 Å². The van der Waals surface area contributed by atoms with Gasteiger partial charge < -0.3 is 15.3 Å². The maximum Gasteiger partial charge on any atom is 0.303 e. The van der Waals surface area contributed by atoms with Gasteiger partial charge in [0.15, 0.2) is 0 Å². The molecule has 0 fully saturated rings. The first kappa shape index (κ1) is 25.4. The van der Waals surface area contributed by atoms with Crippen molar-refractivity contribution in [3.63, 3.8) is 0 Å². The van der Waals surface area contributed by atoms with Crippen LogP contribution in [0.1, 0.15) is 86.0 Å². The number of carbonyl (C=O) groups is 3. The molecule has 0 aliphatic carbocycles. The number of nitrogens with zero attached hydrogens (tertiary/aromatic N) is 1. The molecule has 6 nitrogen and oxygen atoms in total. The molecule has 0 unspecified atom stereocenters. The summed E-state index contributed by atoms with van der Waals surface area (Å²) in [6, 6.07) is -0.762. The third-order valence-electron chi connectivity index (χ3n) is 4.27. The van der Waals surface area contributed by atoms with Gasteiger partial charge in [0.2, 0.25) is 11.8 Å². The van der Waals surface area contributed by atoms with Crippen molar-refractivity contribution in [1.82, 2.24) is 10.2 Å². The number of unbranched alkanes of at least 4 members (excludes halogenated alkanes) is 4. The Labute approximate surface area is 165 Å². The zero-order chi connectivity index (χ0) is 20.8. The number of amides is 2. The second-order valence-electron chi connectivity index (χ2n) is 8.25. The molecule has 0 radical (unpaired) electrons. The molecular formula is C21H40N2O4. The lowest BCUT2D eigenvalue weighted by atomic mass is 10.1. The summed E-state index contributed by atoms with van der Waals surface area (Å²) in [5.41, 5.74) is 0. The highest BCUT2D eigenvalue weighted by Gasteiger charge is 2.27. The summed E-state index contributed by atoms with van der Waals surface area (Å²) in [4.78, 5) is 38.0. The predicted octanol–water partition coefficient (Wildman–Crippen LogP) is 3.84. The van der Waals surface area contributed by atoms with Crippen LogP contribution in [0.2, 0.25) is 0 Å². The van der Waals surface area contributed by atoms with E-state index >= 15 is 0 Å². The van der Waals surface area contributed by atoms with E-state index in [0.29, 0.717) is 31.3 Å². The van der Waals surface area contributed by atoms with E-state index in [4.69, 9.17) is 5.11 Å². The summed E-state index contributed by atoms with van der Waals surface area (Å²) >= 11 is 0. The smallest absolute Gasteiger partial charge is 0.303 e. The predicted molar refractivity (Wildman–Crippen MR) is 108 cm³/mol. The summed E-state index contributed by atoms with van der Waals surface area (Å²) in [5.74, 6) is -0.674. The molecule has 158 valence electrons. The Kier molecular flexibility index (Phi) is 13.6. The second kappa shape index (κ2) is 14.5. The van der Waals surface area contributed by atoms with Crippen molar-refractivity contribution < 1.29 is 19.5 Å². The first-order chi connectivity index (χ1) is 12.7. The van der Waals surface area contributed by atoms with Crippen LogP contribution in [0.25, 0.3) is 0 Å². The van der Waals surface area contributed by atoms with Crippen molar-refractivity contribution in [2.24, 2.45) is 11.8 Å². The van der Waals surface area contributed by atoms with E-state index in [1.54, 1.807) is 4.90 Å². The van der Waals surface area contributed by atoms with Gasteiger partial charge in [-0.3, -0.25) is 14.4 Å². The van der Waals surface area contributed by atoms with Gasteiger partial charge in [-0.15, -0.1) is 0 Å². The van der Waals surface area contributed by atoms with Crippen LogP contribution in [-0.4, -0.2) is 46.9 Å². The fraction of sp³-hybridized carbons (Fsp3) is 0.857. The fourth-order valence-corrected chi connectivity index (χ4v) is 3.04. The van der Waals surface area contributed by atoms with Crippen molar-refractivity contribution in [3.05, 3.63) is 0 Å². The summed E-state index contributed by atoms with van der Waals surface area (Å²) in [6.07, 6.45) is 5.61. The Morgan fingerprint density at radius 2 is 1.44 bits per heavy atom. The molecule has 27 heavy (non-hydrogen) atoms. The van der Waals surface area contributed by atoms with Crippen molar-refractivity contribution in [1.29, 1.82) is 0 Å². The minimum atomic E-state index is -0.958. The van der Waals surface area contributed by atoms with Crippen LogP contribution >= 0.6 is 0 Å². The van der Waals surface area contributed by atoms with Gasteiger partial charge >= 0.3 is 5.97 Å².